The molecule has 0 aliphatic carbocycles. The Morgan fingerprint density at radius 2 is 1.88 bits per heavy atom. The van der Waals surface area contributed by atoms with Crippen LogP contribution in [0.1, 0.15) is 18.5 Å². The van der Waals surface area contributed by atoms with Gasteiger partial charge >= 0.3 is 6.36 Å². The van der Waals surface area contributed by atoms with Crippen molar-refractivity contribution in [1.82, 2.24) is 3.53 Å². The molecule has 1 N–H and O–H groups in total. The maximum absolute atomic E-state index is 11.9. The van der Waals surface area contributed by atoms with Gasteiger partial charge in [-0.1, -0.05) is 16.6 Å². The van der Waals surface area contributed by atoms with Crippen LogP contribution in [0, 0.1) is 0 Å². The zero-order chi connectivity index (χ0) is 12.2. The maximum atomic E-state index is 11.9. The molecule has 0 aromatic heterocycles. The highest BCUT2D eigenvalue weighted by Crippen LogP contribution is 2.24. The molecular weight excluding hydrogens is 334 g/mol. The molecule has 0 aliphatic rings. The third kappa shape index (κ3) is 4.48. The van der Waals surface area contributed by atoms with Crippen molar-refractivity contribution in [3.8, 4) is 5.75 Å². The van der Waals surface area contributed by atoms with Crippen LogP contribution in [0.2, 0.25) is 0 Å². The van der Waals surface area contributed by atoms with E-state index in [1.165, 1.54) is 12.1 Å². The number of halogens is 4. The summed E-state index contributed by atoms with van der Waals surface area (Å²) in [6.45, 7) is 1.94. The fourth-order valence-corrected chi connectivity index (χ4v) is 2.16. The summed E-state index contributed by atoms with van der Waals surface area (Å²) in [6, 6.07) is 5.94. The summed E-state index contributed by atoms with van der Waals surface area (Å²) in [5.74, 6) is -0.201. The Morgan fingerprint density at radius 1 is 1.31 bits per heavy atom. The fraction of sp³-hybridized carbons (Fsp3) is 0.300. The van der Waals surface area contributed by atoms with Gasteiger partial charge in [-0.3, -0.25) is 3.53 Å². The van der Waals surface area contributed by atoms with Crippen LogP contribution in [-0.2, 0) is 0 Å². The molecule has 2 nitrogen and oxygen atoms in total. The SMILES string of the molecule is C=IN[C@H](C)c1ccc(OC(F)(F)F)cc1. The molecule has 0 saturated carbocycles. The lowest BCUT2D eigenvalue weighted by molar-refractivity contribution is -0.274. The van der Waals surface area contributed by atoms with Gasteiger partial charge in [-0.05, 0) is 45.6 Å². The van der Waals surface area contributed by atoms with Gasteiger partial charge in [0.05, 0.1) is 0 Å². The molecule has 1 aromatic carbocycles. The zero-order valence-corrected chi connectivity index (χ0v) is 10.7. The van der Waals surface area contributed by atoms with Crippen LogP contribution in [0.5, 0.6) is 5.75 Å². The lowest BCUT2D eigenvalue weighted by Gasteiger charge is -2.12. The van der Waals surface area contributed by atoms with E-state index in [-0.39, 0.29) is 32.8 Å². The number of nitrogens with one attached hydrogen (secondary N) is 1. The van der Waals surface area contributed by atoms with E-state index >= 15 is 0 Å². The third-order valence-electron chi connectivity index (χ3n) is 1.85. The Hall–Kier alpha value is -0.630. The monoisotopic (exact) mass is 345 g/mol. The molecule has 6 heteroatoms. The average molecular weight is 345 g/mol. The van der Waals surface area contributed by atoms with Gasteiger partial charge in [0, 0.05) is 6.04 Å². The first-order chi connectivity index (χ1) is 7.42. The Kier molecular flexibility index (Phi) is 4.72. The van der Waals surface area contributed by atoms with Crippen molar-refractivity contribution >= 4 is 25.5 Å². The predicted molar refractivity (Wildman–Crippen MR) is 65.8 cm³/mol. The standard InChI is InChI=1S/C10H11F3INO/c1-7(15-14-2)8-3-5-9(6-4-8)16-10(11,12)13/h3-7,15H,2H2,1H3/t7-/m1/s1. The molecule has 0 bridgehead atoms. The van der Waals surface area contributed by atoms with E-state index in [0.29, 0.717) is 0 Å². The van der Waals surface area contributed by atoms with Crippen LogP contribution in [0.15, 0.2) is 24.3 Å². The molecule has 0 saturated heterocycles. The van der Waals surface area contributed by atoms with E-state index in [9.17, 15) is 13.2 Å². The second kappa shape index (κ2) is 5.62. The third-order valence-corrected chi connectivity index (χ3v) is 3.23. The van der Waals surface area contributed by atoms with Crippen molar-refractivity contribution in [2.24, 2.45) is 0 Å². The van der Waals surface area contributed by atoms with E-state index in [0.717, 1.165) is 5.56 Å². The zero-order valence-electron chi connectivity index (χ0n) is 8.51. The van der Waals surface area contributed by atoms with E-state index in [4.69, 9.17) is 0 Å². The van der Waals surface area contributed by atoms with E-state index in [1.54, 1.807) is 12.1 Å². The van der Waals surface area contributed by atoms with E-state index < -0.39 is 6.36 Å². The highest BCUT2D eigenvalue weighted by atomic mass is 127. The Labute approximate surface area is 102 Å². The maximum Gasteiger partial charge on any atom is 0.573 e. The molecule has 1 atom stereocenters. The number of rotatable bonds is 4. The highest BCUT2D eigenvalue weighted by molar-refractivity contribution is 14.2. The molecule has 0 radical (unpaired) electrons. The minimum absolute atomic E-state index is 0.102. The first-order valence-electron chi connectivity index (χ1n) is 4.41. The summed E-state index contributed by atoms with van der Waals surface area (Å²) in [5, 5.41) is 0. The number of hydrogen-bond donors (Lipinski definition) is 1. The van der Waals surface area contributed by atoms with Gasteiger partial charge in [0.1, 0.15) is 5.75 Å². The fourth-order valence-electron chi connectivity index (χ4n) is 1.14. The minimum atomic E-state index is -4.63. The van der Waals surface area contributed by atoms with Crippen molar-refractivity contribution in [2.45, 2.75) is 19.3 Å². The molecule has 90 valence electrons. The topological polar surface area (TPSA) is 21.3 Å². The van der Waals surface area contributed by atoms with Gasteiger partial charge in [0.15, 0.2) is 0 Å². The van der Waals surface area contributed by atoms with Crippen molar-refractivity contribution < 1.29 is 17.9 Å². The number of ether oxygens (including phenoxy) is 1. The summed E-state index contributed by atoms with van der Waals surface area (Å²) < 4.78 is 46.3. The van der Waals surface area contributed by atoms with Gasteiger partial charge in [-0.2, -0.15) is 0 Å². The van der Waals surface area contributed by atoms with Crippen LogP contribution in [0.3, 0.4) is 0 Å². The van der Waals surface area contributed by atoms with Gasteiger partial charge in [-0.25, -0.2) is 0 Å². The molecule has 1 aromatic rings. The molecule has 0 aliphatic heterocycles. The van der Waals surface area contributed by atoms with Crippen molar-refractivity contribution in [3.05, 3.63) is 29.8 Å². The van der Waals surface area contributed by atoms with Crippen LogP contribution in [0.25, 0.3) is 0 Å². The summed E-state index contributed by atoms with van der Waals surface area (Å²) >= 11 is -0.301. The van der Waals surface area contributed by atoms with Crippen LogP contribution < -0.4 is 8.27 Å². The lowest BCUT2D eigenvalue weighted by Crippen LogP contribution is -2.17. The number of hydrogen-bond acceptors (Lipinski definition) is 2. The van der Waals surface area contributed by atoms with E-state index in [1.807, 2.05) is 6.92 Å². The molecule has 0 unspecified atom stereocenters. The first-order valence-corrected chi connectivity index (χ1v) is 7.01. The molecule has 1 rings (SSSR count). The summed E-state index contributed by atoms with van der Waals surface area (Å²) in [6.07, 6.45) is -4.63. The molecule has 0 heterocycles. The van der Waals surface area contributed by atoms with Crippen LogP contribution >= 0.6 is 21.0 Å². The van der Waals surface area contributed by atoms with Crippen LogP contribution in [-0.4, -0.2) is 10.9 Å². The molecule has 0 amide bonds. The second-order valence-corrected chi connectivity index (χ2v) is 4.47. The summed E-state index contributed by atoms with van der Waals surface area (Å²) in [5.41, 5.74) is 0.915. The van der Waals surface area contributed by atoms with Crippen molar-refractivity contribution in [2.75, 3.05) is 0 Å². The average Bonchev–Trinajstić information content (AvgIpc) is 2.16. The van der Waals surface area contributed by atoms with Crippen molar-refractivity contribution in [3.63, 3.8) is 0 Å². The molecule has 16 heavy (non-hydrogen) atoms. The largest absolute Gasteiger partial charge is 0.573 e. The molecule has 0 spiro atoms. The molecule has 0 fully saturated rings. The first kappa shape index (κ1) is 13.4. The van der Waals surface area contributed by atoms with Gasteiger partial charge < -0.3 is 4.74 Å². The Bertz CT molecular complexity index is 350. The smallest absolute Gasteiger partial charge is 0.406 e. The number of benzene rings is 1. The summed E-state index contributed by atoms with van der Waals surface area (Å²) in [4.78, 5) is 0. The number of alkyl halides is 3. The van der Waals surface area contributed by atoms with Gasteiger partial charge in [-0.15, -0.1) is 13.2 Å². The lowest BCUT2D eigenvalue weighted by atomic mass is 10.1. The normalized spacial score (nSPS) is 13.5. The predicted octanol–water partition coefficient (Wildman–Crippen LogP) is 3.55. The van der Waals surface area contributed by atoms with Crippen LogP contribution in [0.4, 0.5) is 13.2 Å². The quantitative estimate of drug-likeness (QED) is 0.666. The second-order valence-electron chi connectivity index (χ2n) is 3.08. The Morgan fingerprint density at radius 3 is 2.31 bits per heavy atom. The Balaban J connectivity index is 2.71. The summed E-state index contributed by atoms with van der Waals surface area (Å²) in [7, 11) is 0. The highest BCUT2D eigenvalue weighted by Gasteiger charge is 2.30. The van der Waals surface area contributed by atoms with Gasteiger partial charge in [0.25, 0.3) is 0 Å². The van der Waals surface area contributed by atoms with Crippen molar-refractivity contribution in [1.29, 1.82) is 0 Å². The minimum Gasteiger partial charge on any atom is -0.406 e. The molecular formula is C10H11F3INO. The van der Waals surface area contributed by atoms with Gasteiger partial charge in [0.2, 0.25) is 0 Å². The van der Waals surface area contributed by atoms with E-state index in [2.05, 4.69) is 12.8 Å².